The Morgan fingerprint density at radius 1 is 1.60 bits per heavy atom. The molecule has 1 saturated heterocycles. The normalized spacial score (nSPS) is 17.9. The number of imidazole rings is 1. The van der Waals surface area contributed by atoms with Crippen LogP contribution in [-0.4, -0.2) is 48.8 Å². The molecule has 1 fully saturated rings. The van der Waals surface area contributed by atoms with Crippen LogP contribution in [0.2, 0.25) is 0 Å². The predicted molar refractivity (Wildman–Crippen MR) is 76.7 cm³/mol. The molecule has 1 atom stereocenters. The lowest BCUT2D eigenvalue weighted by Crippen LogP contribution is -2.34. The van der Waals surface area contributed by atoms with E-state index in [2.05, 4.69) is 15.6 Å². The van der Waals surface area contributed by atoms with Crippen molar-refractivity contribution in [2.75, 3.05) is 33.4 Å². The maximum absolute atomic E-state index is 12.1. The van der Waals surface area contributed by atoms with Crippen LogP contribution in [0.5, 0.6) is 0 Å². The van der Waals surface area contributed by atoms with Crippen LogP contribution in [0.25, 0.3) is 0 Å². The lowest BCUT2D eigenvalue weighted by molar-refractivity contribution is -0.124. The molecule has 0 aliphatic carbocycles. The van der Waals surface area contributed by atoms with E-state index in [9.17, 15) is 4.79 Å². The Morgan fingerprint density at radius 3 is 3.05 bits per heavy atom. The van der Waals surface area contributed by atoms with Crippen molar-refractivity contribution in [3.05, 3.63) is 18.2 Å². The van der Waals surface area contributed by atoms with Crippen LogP contribution in [0.3, 0.4) is 0 Å². The van der Waals surface area contributed by atoms with Gasteiger partial charge >= 0.3 is 0 Å². The van der Waals surface area contributed by atoms with Crippen molar-refractivity contribution in [1.29, 1.82) is 0 Å². The molecular weight excluding hydrogens is 256 g/mol. The lowest BCUT2D eigenvalue weighted by atomic mass is 9.94. The van der Waals surface area contributed by atoms with E-state index in [4.69, 9.17) is 4.74 Å². The van der Waals surface area contributed by atoms with Crippen LogP contribution in [0.4, 0.5) is 0 Å². The van der Waals surface area contributed by atoms with Gasteiger partial charge in [-0.15, -0.1) is 0 Å². The molecule has 0 aromatic carbocycles. The Hall–Kier alpha value is -1.40. The quantitative estimate of drug-likeness (QED) is 0.752. The van der Waals surface area contributed by atoms with Crippen molar-refractivity contribution in [2.24, 2.45) is 0 Å². The number of piperidine rings is 1. The first-order valence-electron chi connectivity index (χ1n) is 7.23. The van der Waals surface area contributed by atoms with Crippen LogP contribution in [0.1, 0.15) is 37.4 Å². The second-order valence-electron chi connectivity index (χ2n) is 5.21. The highest BCUT2D eigenvalue weighted by Gasteiger charge is 2.23. The summed E-state index contributed by atoms with van der Waals surface area (Å²) in [6, 6.07) is -0.237. The van der Waals surface area contributed by atoms with Crippen LogP contribution in [0, 0.1) is 0 Å². The minimum Gasteiger partial charge on any atom is -0.383 e. The summed E-state index contributed by atoms with van der Waals surface area (Å²) in [5.41, 5.74) is 1.17. The number of amides is 1. The maximum Gasteiger partial charge on any atom is 0.242 e. The van der Waals surface area contributed by atoms with Gasteiger partial charge in [0.1, 0.15) is 6.04 Å². The van der Waals surface area contributed by atoms with E-state index in [1.54, 1.807) is 13.4 Å². The van der Waals surface area contributed by atoms with Gasteiger partial charge in [-0.3, -0.25) is 4.79 Å². The summed E-state index contributed by atoms with van der Waals surface area (Å²) in [7, 11) is 1.63. The molecule has 2 rings (SSSR count). The van der Waals surface area contributed by atoms with Gasteiger partial charge in [0, 0.05) is 31.5 Å². The first-order chi connectivity index (χ1) is 9.74. The van der Waals surface area contributed by atoms with Gasteiger partial charge < -0.3 is 19.9 Å². The van der Waals surface area contributed by atoms with Crippen LogP contribution in [-0.2, 0) is 9.53 Å². The summed E-state index contributed by atoms with van der Waals surface area (Å²) in [4.78, 5) is 16.4. The molecular formula is C14H24N4O2. The van der Waals surface area contributed by atoms with Crippen molar-refractivity contribution in [2.45, 2.75) is 31.7 Å². The molecule has 1 aromatic rings. The van der Waals surface area contributed by atoms with Crippen molar-refractivity contribution in [1.82, 2.24) is 20.2 Å². The largest absolute Gasteiger partial charge is 0.383 e. The summed E-state index contributed by atoms with van der Waals surface area (Å²) in [5.74, 6) is 0.503. The Labute approximate surface area is 119 Å². The smallest absolute Gasteiger partial charge is 0.242 e. The van der Waals surface area contributed by atoms with E-state index >= 15 is 0 Å². The van der Waals surface area contributed by atoms with Crippen LogP contribution < -0.4 is 10.6 Å². The highest BCUT2D eigenvalue weighted by Crippen LogP contribution is 2.26. The van der Waals surface area contributed by atoms with Gasteiger partial charge in [-0.05, 0) is 32.9 Å². The average molecular weight is 280 g/mol. The second-order valence-corrected chi connectivity index (χ2v) is 5.21. The maximum atomic E-state index is 12.1. The first-order valence-corrected chi connectivity index (χ1v) is 7.23. The topological polar surface area (TPSA) is 68.2 Å². The number of aromatic nitrogens is 2. The fraction of sp³-hybridized carbons (Fsp3) is 0.714. The van der Waals surface area contributed by atoms with Crippen molar-refractivity contribution in [3.8, 4) is 0 Å². The third-order valence-electron chi connectivity index (χ3n) is 3.86. The molecule has 0 spiro atoms. The number of hydrogen-bond donors (Lipinski definition) is 2. The van der Waals surface area contributed by atoms with Crippen molar-refractivity contribution in [3.63, 3.8) is 0 Å². The van der Waals surface area contributed by atoms with Crippen molar-refractivity contribution < 1.29 is 9.53 Å². The molecule has 0 bridgehead atoms. The fourth-order valence-corrected chi connectivity index (χ4v) is 2.62. The molecule has 1 unspecified atom stereocenters. The Kier molecular flexibility index (Phi) is 5.55. The summed E-state index contributed by atoms with van der Waals surface area (Å²) in [6.45, 7) is 5.05. The lowest BCUT2D eigenvalue weighted by Gasteiger charge is -2.25. The van der Waals surface area contributed by atoms with E-state index in [1.165, 1.54) is 5.69 Å². The van der Waals surface area contributed by atoms with Gasteiger partial charge in [-0.25, -0.2) is 4.98 Å². The SMILES string of the molecule is COCCNC(=O)C(C)n1cncc1C1CCNCC1. The number of carbonyl (C=O) groups is 1. The zero-order chi connectivity index (χ0) is 14.4. The highest BCUT2D eigenvalue weighted by molar-refractivity contribution is 5.79. The molecule has 20 heavy (non-hydrogen) atoms. The molecule has 1 aromatic heterocycles. The number of hydrogen-bond acceptors (Lipinski definition) is 4. The van der Waals surface area contributed by atoms with Gasteiger partial charge in [0.15, 0.2) is 0 Å². The number of nitrogens with one attached hydrogen (secondary N) is 2. The minimum absolute atomic E-state index is 0.00948. The standard InChI is InChI=1S/C14H24N4O2/c1-11(14(19)17-7-8-20-2)18-10-16-9-13(18)12-3-5-15-6-4-12/h9-12,15H,3-8H2,1-2H3,(H,17,19). The molecule has 6 heteroatoms. The zero-order valence-electron chi connectivity index (χ0n) is 12.3. The third-order valence-corrected chi connectivity index (χ3v) is 3.86. The molecule has 6 nitrogen and oxygen atoms in total. The highest BCUT2D eigenvalue weighted by atomic mass is 16.5. The zero-order valence-corrected chi connectivity index (χ0v) is 12.3. The number of methoxy groups -OCH3 is 1. The van der Waals surface area contributed by atoms with E-state index in [0.717, 1.165) is 25.9 Å². The Bertz CT molecular complexity index is 427. The second kappa shape index (κ2) is 7.40. The van der Waals surface area contributed by atoms with Gasteiger partial charge in [0.2, 0.25) is 5.91 Å². The first kappa shape index (κ1) is 15.0. The molecule has 1 amide bonds. The number of ether oxygens (including phenoxy) is 1. The molecule has 1 aliphatic rings. The van der Waals surface area contributed by atoms with E-state index < -0.39 is 0 Å². The molecule has 0 saturated carbocycles. The third kappa shape index (κ3) is 3.58. The molecule has 112 valence electrons. The average Bonchev–Trinajstić information content (AvgIpc) is 2.97. The van der Waals surface area contributed by atoms with Crippen molar-refractivity contribution >= 4 is 5.91 Å². The van der Waals surface area contributed by atoms with Gasteiger partial charge in [-0.1, -0.05) is 0 Å². The number of carbonyl (C=O) groups excluding carboxylic acids is 1. The fourth-order valence-electron chi connectivity index (χ4n) is 2.62. The Morgan fingerprint density at radius 2 is 2.35 bits per heavy atom. The summed E-state index contributed by atoms with van der Waals surface area (Å²) >= 11 is 0. The number of rotatable bonds is 6. The van der Waals surface area contributed by atoms with Gasteiger partial charge in [-0.2, -0.15) is 0 Å². The summed E-state index contributed by atoms with van der Waals surface area (Å²) < 4.78 is 6.94. The van der Waals surface area contributed by atoms with Gasteiger partial charge in [0.25, 0.3) is 0 Å². The van der Waals surface area contributed by atoms with Crippen LogP contribution in [0.15, 0.2) is 12.5 Å². The summed E-state index contributed by atoms with van der Waals surface area (Å²) in [5, 5.41) is 6.24. The van der Waals surface area contributed by atoms with Gasteiger partial charge in [0.05, 0.1) is 12.9 Å². The monoisotopic (exact) mass is 280 g/mol. The molecule has 0 radical (unpaired) electrons. The molecule has 2 N–H and O–H groups in total. The van der Waals surface area contributed by atoms with E-state index in [0.29, 0.717) is 19.1 Å². The van der Waals surface area contributed by atoms with Crippen LogP contribution >= 0.6 is 0 Å². The Balaban J connectivity index is 2.00. The molecule has 2 heterocycles. The minimum atomic E-state index is -0.237. The number of nitrogens with zero attached hydrogens (tertiary/aromatic N) is 2. The van der Waals surface area contributed by atoms with E-state index in [1.807, 2.05) is 17.7 Å². The summed E-state index contributed by atoms with van der Waals surface area (Å²) in [6.07, 6.45) is 5.86. The molecule has 1 aliphatic heterocycles. The van der Waals surface area contributed by atoms with E-state index in [-0.39, 0.29) is 11.9 Å². The predicted octanol–water partition coefficient (Wildman–Crippen LogP) is 0.674.